The average Bonchev–Trinajstić information content (AvgIpc) is 2.88. The van der Waals surface area contributed by atoms with Crippen molar-refractivity contribution in [1.29, 1.82) is 0 Å². The number of rotatable bonds is 10. The first-order valence-electron chi connectivity index (χ1n) is 12.7. The van der Waals surface area contributed by atoms with Crippen LogP contribution < -0.4 is 0 Å². The highest BCUT2D eigenvalue weighted by molar-refractivity contribution is 5.88. The molecule has 0 aliphatic heterocycles. The van der Waals surface area contributed by atoms with E-state index in [2.05, 4.69) is 18.0 Å². The lowest BCUT2D eigenvalue weighted by molar-refractivity contribution is -0.137. The van der Waals surface area contributed by atoms with Crippen molar-refractivity contribution in [2.75, 3.05) is 0 Å². The molecule has 4 aromatic rings. The van der Waals surface area contributed by atoms with Gasteiger partial charge in [0.2, 0.25) is 0 Å². The number of hydrogen-bond acceptors (Lipinski definition) is 1. The minimum atomic E-state index is -4.35. The first-order valence-corrected chi connectivity index (χ1v) is 12.7. The van der Waals surface area contributed by atoms with Gasteiger partial charge in [-0.2, -0.15) is 13.2 Å². The van der Waals surface area contributed by atoms with Crippen LogP contribution in [0.25, 0.3) is 22.0 Å². The van der Waals surface area contributed by atoms with Crippen LogP contribution in [0.2, 0.25) is 0 Å². The summed E-state index contributed by atoms with van der Waals surface area (Å²) < 4.78 is 53.5. The van der Waals surface area contributed by atoms with Gasteiger partial charge in [0.05, 0.1) is 11.3 Å². The first-order chi connectivity index (χ1) is 17.3. The molecule has 1 nitrogen and oxygen atoms in total. The van der Waals surface area contributed by atoms with Crippen molar-refractivity contribution in [3.05, 3.63) is 101 Å². The Morgan fingerprint density at radius 1 is 0.722 bits per heavy atom. The normalized spacial score (nSPS) is 11.8. The molecule has 188 valence electrons. The summed E-state index contributed by atoms with van der Waals surface area (Å²) in [5, 5.41) is 1.33. The van der Waals surface area contributed by atoms with Gasteiger partial charge in [-0.25, -0.2) is 4.39 Å². The number of aryl methyl sites for hydroxylation is 3. The highest BCUT2D eigenvalue weighted by Crippen LogP contribution is 2.30. The van der Waals surface area contributed by atoms with E-state index in [4.69, 9.17) is 0 Å². The smallest absolute Gasteiger partial charge is 0.256 e. The van der Waals surface area contributed by atoms with E-state index >= 15 is 4.39 Å². The second-order valence-corrected chi connectivity index (χ2v) is 9.39. The van der Waals surface area contributed by atoms with Crippen molar-refractivity contribution < 1.29 is 17.6 Å². The van der Waals surface area contributed by atoms with Crippen molar-refractivity contribution in [3.63, 3.8) is 0 Å². The van der Waals surface area contributed by atoms with Crippen LogP contribution in [-0.4, -0.2) is 4.98 Å². The zero-order valence-electron chi connectivity index (χ0n) is 20.5. The van der Waals surface area contributed by atoms with Gasteiger partial charge in [0.15, 0.2) is 0 Å². The maximum Gasteiger partial charge on any atom is 0.416 e. The SMILES string of the molecule is CCCCCCCc1ccc(-c2ccc3c(F)c(CCc4ccc(C(F)(F)F)cc4)ccc3c2)nc1. The monoisotopic (exact) mass is 493 g/mol. The molecule has 36 heavy (non-hydrogen) atoms. The van der Waals surface area contributed by atoms with E-state index in [0.717, 1.165) is 40.8 Å². The molecule has 3 aromatic carbocycles. The van der Waals surface area contributed by atoms with Gasteiger partial charge >= 0.3 is 6.18 Å². The lowest BCUT2D eigenvalue weighted by Gasteiger charge is -2.10. The molecule has 0 radical (unpaired) electrons. The number of hydrogen-bond donors (Lipinski definition) is 0. The van der Waals surface area contributed by atoms with E-state index in [-0.39, 0.29) is 5.82 Å². The summed E-state index contributed by atoms with van der Waals surface area (Å²) in [6.07, 6.45) is 5.75. The minimum absolute atomic E-state index is 0.280. The summed E-state index contributed by atoms with van der Waals surface area (Å²) >= 11 is 0. The number of unbranched alkanes of at least 4 members (excludes halogenated alkanes) is 4. The standard InChI is InChI=1S/C31H31F4N/c1-2-3-4-5-6-7-23-11-19-29(36-21-23)26-15-18-28-25(20-26)14-13-24(30(28)32)12-8-22-9-16-27(17-10-22)31(33,34)35/h9-11,13-21H,2-8,12H2,1H3. The van der Waals surface area contributed by atoms with E-state index in [9.17, 15) is 13.2 Å². The molecular formula is C31H31F4N. The molecule has 0 aliphatic rings. The largest absolute Gasteiger partial charge is 0.416 e. The second-order valence-electron chi connectivity index (χ2n) is 9.39. The third-order valence-electron chi connectivity index (χ3n) is 6.69. The van der Waals surface area contributed by atoms with Crippen molar-refractivity contribution in [1.82, 2.24) is 4.98 Å². The third kappa shape index (κ3) is 6.51. The molecular weight excluding hydrogens is 462 g/mol. The zero-order valence-corrected chi connectivity index (χ0v) is 20.5. The Hall–Kier alpha value is -3.21. The summed E-state index contributed by atoms with van der Waals surface area (Å²) in [7, 11) is 0. The fourth-order valence-electron chi connectivity index (χ4n) is 4.50. The lowest BCUT2D eigenvalue weighted by atomic mass is 9.98. The Bertz CT molecular complexity index is 1280. The van der Waals surface area contributed by atoms with Gasteiger partial charge in [0.1, 0.15) is 5.82 Å². The highest BCUT2D eigenvalue weighted by atomic mass is 19.4. The summed E-state index contributed by atoms with van der Waals surface area (Å²) in [5.74, 6) is -0.280. The highest BCUT2D eigenvalue weighted by Gasteiger charge is 2.29. The summed E-state index contributed by atoms with van der Waals surface area (Å²) in [5.41, 5.74) is 3.66. The Kier molecular flexibility index (Phi) is 8.40. The number of aromatic nitrogens is 1. The van der Waals surface area contributed by atoms with Gasteiger partial charge in [0, 0.05) is 17.1 Å². The fraction of sp³-hybridized carbons (Fsp3) is 0.323. The van der Waals surface area contributed by atoms with Crippen LogP contribution in [0.4, 0.5) is 17.6 Å². The molecule has 0 amide bonds. The van der Waals surface area contributed by atoms with E-state index in [1.165, 1.54) is 49.8 Å². The molecule has 4 rings (SSSR count). The van der Waals surface area contributed by atoms with E-state index < -0.39 is 11.7 Å². The van der Waals surface area contributed by atoms with Gasteiger partial charge in [0.25, 0.3) is 0 Å². The molecule has 0 spiro atoms. The molecule has 5 heteroatoms. The molecule has 0 fully saturated rings. The fourth-order valence-corrected chi connectivity index (χ4v) is 4.50. The lowest BCUT2D eigenvalue weighted by Crippen LogP contribution is -2.04. The molecule has 0 bridgehead atoms. The molecule has 0 saturated carbocycles. The maximum absolute atomic E-state index is 15.2. The van der Waals surface area contributed by atoms with Gasteiger partial charge in [-0.05, 0) is 72.0 Å². The first kappa shape index (κ1) is 25.9. The number of halogens is 4. The van der Waals surface area contributed by atoms with Crippen LogP contribution in [-0.2, 0) is 25.4 Å². The Labute approximate surface area is 210 Å². The summed E-state index contributed by atoms with van der Waals surface area (Å²) in [6, 6.07) is 18.5. The van der Waals surface area contributed by atoms with Gasteiger partial charge in [-0.1, -0.05) is 75.1 Å². The predicted octanol–water partition coefficient (Wildman–Crippen LogP) is 9.36. The molecule has 1 aromatic heterocycles. The van der Waals surface area contributed by atoms with Crippen molar-refractivity contribution in [2.24, 2.45) is 0 Å². The summed E-state index contributed by atoms with van der Waals surface area (Å²) in [4.78, 5) is 4.63. The van der Waals surface area contributed by atoms with Crippen LogP contribution >= 0.6 is 0 Å². The van der Waals surface area contributed by atoms with Crippen LogP contribution in [0, 0.1) is 5.82 Å². The van der Waals surface area contributed by atoms with Crippen molar-refractivity contribution >= 4 is 10.8 Å². The Balaban J connectivity index is 1.42. The van der Waals surface area contributed by atoms with Gasteiger partial charge < -0.3 is 0 Å². The van der Waals surface area contributed by atoms with E-state index in [1.54, 1.807) is 12.1 Å². The quantitative estimate of drug-likeness (QED) is 0.158. The molecule has 1 heterocycles. The number of nitrogens with zero attached hydrogens (tertiary/aromatic N) is 1. The second kappa shape index (κ2) is 11.7. The summed E-state index contributed by atoms with van der Waals surface area (Å²) in [6.45, 7) is 2.22. The van der Waals surface area contributed by atoms with E-state index in [0.29, 0.717) is 23.8 Å². The number of benzene rings is 3. The predicted molar refractivity (Wildman–Crippen MR) is 138 cm³/mol. The molecule has 0 saturated heterocycles. The Morgan fingerprint density at radius 2 is 1.47 bits per heavy atom. The van der Waals surface area contributed by atoms with E-state index in [1.807, 2.05) is 30.5 Å². The van der Waals surface area contributed by atoms with Crippen LogP contribution in [0.1, 0.15) is 61.3 Å². The molecule has 0 atom stereocenters. The van der Waals surface area contributed by atoms with Crippen molar-refractivity contribution in [2.45, 2.75) is 64.5 Å². The number of pyridine rings is 1. The van der Waals surface area contributed by atoms with Gasteiger partial charge in [-0.3, -0.25) is 4.98 Å². The van der Waals surface area contributed by atoms with Gasteiger partial charge in [-0.15, -0.1) is 0 Å². The van der Waals surface area contributed by atoms with Crippen molar-refractivity contribution in [3.8, 4) is 11.3 Å². The topological polar surface area (TPSA) is 12.9 Å². The minimum Gasteiger partial charge on any atom is -0.256 e. The molecule has 0 aliphatic carbocycles. The third-order valence-corrected chi connectivity index (χ3v) is 6.69. The average molecular weight is 494 g/mol. The molecule has 0 unspecified atom stereocenters. The molecule has 0 N–H and O–H groups in total. The van der Waals surface area contributed by atoms with Crippen LogP contribution in [0.15, 0.2) is 72.9 Å². The number of fused-ring (bicyclic) bond motifs is 1. The van der Waals surface area contributed by atoms with Crippen LogP contribution in [0.3, 0.4) is 0 Å². The van der Waals surface area contributed by atoms with Crippen LogP contribution in [0.5, 0.6) is 0 Å². The number of alkyl halides is 3. The Morgan fingerprint density at radius 3 is 2.17 bits per heavy atom. The maximum atomic E-state index is 15.2. The zero-order chi connectivity index (χ0) is 25.5.